The molecule has 2 saturated heterocycles. The summed E-state index contributed by atoms with van der Waals surface area (Å²) < 4.78 is 23.3. The summed E-state index contributed by atoms with van der Waals surface area (Å²) in [4.78, 5) is 11.6. The van der Waals surface area contributed by atoms with Crippen LogP contribution in [-0.4, -0.2) is 55.0 Å². The summed E-state index contributed by atoms with van der Waals surface area (Å²) in [5, 5.41) is 8.88. The number of allylic oxidation sites excluding steroid dienone is 1. The summed E-state index contributed by atoms with van der Waals surface area (Å²) >= 11 is 0. The van der Waals surface area contributed by atoms with E-state index in [0.717, 1.165) is 12.0 Å². The maximum absolute atomic E-state index is 11.6. The predicted molar refractivity (Wildman–Crippen MR) is 97.5 cm³/mol. The summed E-state index contributed by atoms with van der Waals surface area (Å²) in [7, 11) is 0. The molecule has 2 fully saturated rings. The van der Waals surface area contributed by atoms with Crippen molar-refractivity contribution in [2.24, 2.45) is 5.92 Å². The lowest BCUT2D eigenvalue weighted by molar-refractivity contribution is -0.153. The first kappa shape index (κ1) is 21.1. The van der Waals surface area contributed by atoms with E-state index in [1.807, 2.05) is 26.8 Å². The molecule has 0 aromatic heterocycles. The Hall–Kier alpha value is -1.21. The Morgan fingerprint density at radius 2 is 2.00 bits per heavy atom. The largest absolute Gasteiger partial charge is 0.463 e. The molecule has 0 aliphatic carbocycles. The molecule has 0 aromatic rings. The topological polar surface area (TPSA) is 74.2 Å². The summed E-state index contributed by atoms with van der Waals surface area (Å²) in [6.07, 6.45) is 7.30. The van der Waals surface area contributed by atoms with Crippen LogP contribution >= 0.6 is 0 Å². The van der Waals surface area contributed by atoms with Crippen molar-refractivity contribution >= 4 is 5.97 Å². The lowest BCUT2D eigenvalue weighted by atomic mass is 9.87. The molecule has 0 bridgehead atoms. The van der Waals surface area contributed by atoms with Gasteiger partial charge in [0.2, 0.25) is 0 Å². The van der Waals surface area contributed by atoms with Gasteiger partial charge in [-0.3, -0.25) is 0 Å². The van der Waals surface area contributed by atoms with E-state index in [-0.39, 0.29) is 36.8 Å². The molecular weight excluding hydrogens is 336 g/mol. The number of ether oxygens (including phenoxy) is 4. The van der Waals surface area contributed by atoms with Crippen molar-refractivity contribution in [1.82, 2.24) is 0 Å². The van der Waals surface area contributed by atoms with Crippen molar-refractivity contribution in [3.63, 3.8) is 0 Å². The number of carbonyl (C=O) groups excluding carboxylic acids is 1. The molecule has 0 aromatic carbocycles. The van der Waals surface area contributed by atoms with Gasteiger partial charge < -0.3 is 24.1 Å². The van der Waals surface area contributed by atoms with Crippen molar-refractivity contribution in [3.8, 4) is 0 Å². The van der Waals surface area contributed by atoms with E-state index in [0.29, 0.717) is 26.1 Å². The number of carbonyl (C=O) groups is 1. The molecule has 0 spiro atoms. The van der Waals surface area contributed by atoms with Crippen molar-refractivity contribution in [3.05, 3.63) is 23.8 Å². The van der Waals surface area contributed by atoms with Gasteiger partial charge in [-0.1, -0.05) is 17.7 Å². The average Bonchev–Trinajstić information content (AvgIpc) is 2.89. The molecule has 2 aliphatic rings. The monoisotopic (exact) mass is 368 g/mol. The predicted octanol–water partition coefficient (Wildman–Crippen LogP) is 2.75. The molecule has 0 amide bonds. The van der Waals surface area contributed by atoms with Gasteiger partial charge in [-0.05, 0) is 47.0 Å². The lowest BCUT2D eigenvalue weighted by Gasteiger charge is -2.37. The van der Waals surface area contributed by atoms with E-state index in [1.165, 1.54) is 6.08 Å². The third-order valence-electron chi connectivity index (χ3n) is 4.59. The van der Waals surface area contributed by atoms with Crippen LogP contribution in [0.5, 0.6) is 0 Å². The molecule has 2 heterocycles. The number of aliphatic hydroxyl groups excluding tert-OH is 1. The molecule has 1 N–H and O–H groups in total. The van der Waals surface area contributed by atoms with E-state index in [4.69, 9.17) is 24.1 Å². The second-order valence-electron chi connectivity index (χ2n) is 7.36. The van der Waals surface area contributed by atoms with Gasteiger partial charge in [-0.2, -0.15) is 0 Å². The molecule has 6 heteroatoms. The second kappa shape index (κ2) is 9.65. The van der Waals surface area contributed by atoms with E-state index in [9.17, 15) is 4.79 Å². The molecule has 26 heavy (non-hydrogen) atoms. The standard InChI is InChI=1S/C20H32O6/c1-5-23-17(22)12-14(2)11-16-19-18(25-20(3,4)26-19)15(13-24-16)9-7-6-8-10-21/h6-7,12,15-16,18-19,21H,5,8-11,13H2,1-4H3/b7-6+,14-12+/t15-,16-,18+,19-/m0/s1. The van der Waals surface area contributed by atoms with Crippen LogP contribution in [0.3, 0.4) is 0 Å². The van der Waals surface area contributed by atoms with Crippen LogP contribution in [0.1, 0.15) is 47.0 Å². The fourth-order valence-electron chi connectivity index (χ4n) is 3.51. The zero-order chi connectivity index (χ0) is 19.2. The third kappa shape index (κ3) is 5.91. The van der Waals surface area contributed by atoms with Gasteiger partial charge in [-0.15, -0.1) is 0 Å². The Labute approximate surface area is 156 Å². The Morgan fingerprint density at radius 3 is 2.69 bits per heavy atom. The number of hydrogen-bond donors (Lipinski definition) is 1. The van der Waals surface area contributed by atoms with E-state index < -0.39 is 5.79 Å². The fraction of sp³-hybridized carbons (Fsp3) is 0.750. The van der Waals surface area contributed by atoms with Gasteiger partial charge in [0.1, 0.15) is 6.10 Å². The molecule has 0 saturated carbocycles. The Morgan fingerprint density at radius 1 is 1.27 bits per heavy atom. The third-order valence-corrected chi connectivity index (χ3v) is 4.59. The number of hydrogen-bond acceptors (Lipinski definition) is 6. The maximum atomic E-state index is 11.6. The molecule has 148 valence electrons. The van der Waals surface area contributed by atoms with Crippen molar-refractivity contribution in [1.29, 1.82) is 0 Å². The molecular formula is C20H32O6. The van der Waals surface area contributed by atoms with Crippen LogP contribution < -0.4 is 0 Å². The molecule has 0 radical (unpaired) electrons. The Balaban J connectivity index is 2.02. The highest BCUT2D eigenvalue weighted by atomic mass is 16.8. The first-order valence-electron chi connectivity index (χ1n) is 9.43. The minimum Gasteiger partial charge on any atom is -0.463 e. The highest BCUT2D eigenvalue weighted by Gasteiger charge is 2.51. The number of fused-ring (bicyclic) bond motifs is 1. The molecule has 6 nitrogen and oxygen atoms in total. The fourth-order valence-corrected chi connectivity index (χ4v) is 3.51. The van der Waals surface area contributed by atoms with Gasteiger partial charge >= 0.3 is 5.97 Å². The van der Waals surface area contributed by atoms with Gasteiger partial charge in [-0.25, -0.2) is 4.79 Å². The normalized spacial score (nSPS) is 31.2. The van der Waals surface area contributed by atoms with Crippen molar-refractivity contribution < 1.29 is 28.8 Å². The van der Waals surface area contributed by atoms with E-state index in [2.05, 4.69) is 6.08 Å². The smallest absolute Gasteiger partial charge is 0.330 e. The van der Waals surface area contributed by atoms with E-state index >= 15 is 0 Å². The lowest BCUT2D eigenvalue weighted by Crippen LogP contribution is -2.48. The van der Waals surface area contributed by atoms with Crippen LogP contribution in [0.2, 0.25) is 0 Å². The summed E-state index contributed by atoms with van der Waals surface area (Å²) in [6.45, 7) is 8.64. The first-order valence-corrected chi connectivity index (χ1v) is 9.43. The number of aliphatic hydroxyl groups is 1. The van der Waals surface area contributed by atoms with E-state index in [1.54, 1.807) is 6.92 Å². The highest BCUT2D eigenvalue weighted by Crippen LogP contribution is 2.40. The Kier molecular flexibility index (Phi) is 7.83. The van der Waals surface area contributed by atoms with Crippen LogP contribution in [0.15, 0.2) is 23.8 Å². The zero-order valence-corrected chi connectivity index (χ0v) is 16.3. The summed E-state index contributed by atoms with van der Waals surface area (Å²) in [6, 6.07) is 0. The van der Waals surface area contributed by atoms with Crippen LogP contribution in [0, 0.1) is 5.92 Å². The average molecular weight is 368 g/mol. The summed E-state index contributed by atoms with van der Waals surface area (Å²) in [5.41, 5.74) is 0.904. The summed E-state index contributed by atoms with van der Waals surface area (Å²) in [5.74, 6) is -0.761. The number of esters is 1. The molecule has 2 rings (SSSR count). The van der Waals surface area contributed by atoms with Crippen LogP contribution in [0.25, 0.3) is 0 Å². The SMILES string of the molecule is CCOC(=O)/C=C(\C)C[C@@H]1OC[C@H](C/C=C/CCO)[C@H]2OC(C)(C)O[C@H]21. The number of rotatable bonds is 8. The minimum atomic E-state index is -0.646. The minimum absolute atomic E-state index is 0.0436. The first-order chi connectivity index (χ1) is 12.4. The quantitative estimate of drug-likeness (QED) is 0.403. The van der Waals surface area contributed by atoms with Gasteiger partial charge in [0.15, 0.2) is 5.79 Å². The molecule has 2 aliphatic heterocycles. The molecule has 0 unspecified atom stereocenters. The van der Waals surface area contributed by atoms with Crippen molar-refractivity contribution in [2.45, 2.75) is 71.1 Å². The van der Waals surface area contributed by atoms with Crippen molar-refractivity contribution in [2.75, 3.05) is 19.8 Å². The van der Waals surface area contributed by atoms with Gasteiger partial charge in [0.25, 0.3) is 0 Å². The van der Waals surface area contributed by atoms with Gasteiger partial charge in [0.05, 0.1) is 25.4 Å². The van der Waals surface area contributed by atoms with Crippen LogP contribution in [0.4, 0.5) is 0 Å². The maximum Gasteiger partial charge on any atom is 0.330 e. The zero-order valence-electron chi connectivity index (χ0n) is 16.3. The van der Waals surface area contributed by atoms with Crippen LogP contribution in [-0.2, 0) is 23.7 Å². The second-order valence-corrected chi connectivity index (χ2v) is 7.36. The molecule has 4 atom stereocenters. The van der Waals surface area contributed by atoms with Gasteiger partial charge in [0, 0.05) is 18.6 Å². The highest BCUT2D eigenvalue weighted by molar-refractivity contribution is 5.82. The Bertz CT molecular complexity index is 524.